The van der Waals surface area contributed by atoms with Crippen LogP contribution < -0.4 is 5.32 Å². The van der Waals surface area contributed by atoms with E-state index in [0.29, 0.717) is 18.5 Å². The second-order valence-corrected chi connectivity index (χ2v) is 10.7. The average Bonchev–Trinajstić information content (AvgIpc) is 3.39. The maximum Gasteiger partial charge on any atom is 0.416 e. The van der Waals surface area contributed by atoms with Crippen LogP contribution in [0.2, 0.25) is 0 Å². The van der Waals surface area contributed by atoms with Gasteiger partial charge in [-0.05, 0) is 89.6 Å². The second kappa shape index (κ2) is 16.2. The lowest BCUT2D eigenvalue weighted by molar-refractivity contribution is -0.137. The maximum atomic E-state index is 13.7. The molecule has 0 atom stereocenters. The molecule has 1 aliphatic carbocycles. The highest BCUT2D eigenvalue weighted by Crippen LogP contribution is 2.32. The third-order valence-corrected chi connectivity index (χ3v) is 7.19. The quantitative estimate of drug-likeness (QED) is 0.374. The van der Waals surface area contributed by atoms with Crippen LogP contribution in [0.3, 0.4) is 0 Å². The van der Waals surface area contributed by atoms with Gasteiger partial charge in [-0.15, -0.1) is 0 Å². The monoisotopic (exact) mass is 562 g/mol. The molecule has 2 aliphatic rings. The Morgan fingerprint density at radius 3 is 2.12 bits per heavy atom. The van der Waals surface area contributed by atoms with Crippen molar-refractivity contribution in [2.75, 3.05) is 31.5 Å². The van der Waals surface area contributed by atoms with E-state index < -0.39 is 23.6 Å². The van der Waals surface area contributed by atoms with E-state index in [1.54, 1.807) is 11.0 Å². The number of nitrogens with zero attached hydrogens (tertiary/aromatic N) is 3. The molecular weight excluding hydrogens is 520 g/mol. The van der Waals surface area contributed by atoms with E-state index >= 15 is 0 Å². The molecule has 0 radical (unpaired) electrons. The van der Waals surface area contributed by atoms with Gasteiger partial charge >= 0.3 is 12.2 Å². The van der Waals surface area contributed by atoms with Gasteiger partial charge in [0, 0.05) is 31.7 Å². The number of halogens is 4. The molecule has 0 aromatic heterocycles. The van der Waals surface area contributed by atoms with Crippen molar-refractivity contribution in [1.82, 2.24) is 9.80 Å². The first kappa shape index (κ1) is 33.1. The van der Waals surface area contributed by atoms with Crippen molar-refractivity contribution in [2.24, 2.45) is 5.92 Å². The zero-order valence-corrected chi connectivity index (χ0v) is 24.0. The smallest absolute Gasteiger partial charge is 0.320 e. The molecule has 4 rings (SSSR count). The van der Waals surface area contributed by atoms with Gasteiger partial charge in [-0.2, -0.15) is 18.4 Å². The van der Waals surface area contributed by atoms with E-state index in [-0.39, 0.29) is 11.7 Å². The predicted octanol–water partition coefficient (Wildman–Crippen LogP) is 8.19. The van der Waals surface area contributed by atoms with Crippen LogP contribution in [0.25, 0.3) is 0 Å². The molecular formula is C31H42F4N4O. The molecule has 1 N–H and O–H groups in total. The van der Waals surface area contributed by atoms with E-state index in [1.165, 1.54) is 18.1 Å². The van der Waals surface area contributed by atoms with E-state index in [0.717, 1.165) is 70.3 Å². The normalized spacial score (nSPS) is 18.9. The molecule has 40 heavy (non-hydrogen) atoms. The van der Waals surface area contributed by atoms with Crippen LogP contribution in [0.1, 0.15) is 69.1 Å². The van der Waals surface area contributed by atoms with Crippen molar-refractivity contribution in [2.45, 2.75) is 78.4 Å². The van der Waals surface area contributed by atoms with Gasteiger partial charge < -0.3 is 15.1 Å². The lowest BCUT2D eigenvalue weighted by atomic mass is 9.86. The summed E-state index contributed by atoms with van der Waals surface area (Å²) >= 11 is 0. The lowest BCUT2D eigenvalue weighted by Gasteiger charge is -2.37. The number of nitriles is 1. The van der Waals surface area contributed by atoms with Crippen LogP contribution in [0.15, 0.2) is 42.5 Å². The Morgan fingerprint density at radius 1 is 1.05 bits per heavy atom. The zero-order chi connectivity index (χ0) is 29.7. The number of aryl methyl sites for hydroxylation is 2. The topological polar surface area (TPSA) is 59.4 Å². The van der Waals surface area contributed by atoms with Crippen molar-refractivity contribution < 1.29 is 22.4 Å². The van der Waals surface area contributed by atoms with Gasteiger partial charge in [-0.1, -0.05) is 42.3 Å². The summed E-state index contributed by atoms with van der Waals surface area (Å²) in [6, 6.07) is 11.9. The number of amides is 2. The molecule has 0 bridgehead atoms. The Balaban J connectivity index is 0.000000427. The summed E-state index contributed by atoms with van der Waals surface area (Å²) in [6.07, 6.45) is 1.44. The Morgan fingerprint density at radius 2 is 1.62 bits per heavy atom. The largest absolute Gasteiger partial charge is 0.416 e. The Labute approximate surface area is 236 Å². The summed E-state index contributed by atoms with van der Waals surface area (Å²) in [5.74, 6) is -0.405. The lowest BCUT2D eigenvalue weighted by Crippen LogP contribution is -2.47. The Bertz CT molecular complexity index is 1080. The fourth-order valence-electron chi connectivity index (χ4n) is 5.09. The van der Waals surface area contributed by atoms with Gasteiger partial charge in [0.2, 0.25) is 0 Å². The zero-order valence-electron chi connectivity index (χ0n) is 24.0. The fraction of sp³-hybridized carbons (Fsp3) is 0.548. The minimum absolute atomic E-state index is 0.0597. The van der Waals surface area contributed by atoms with Gasteiger partial charge in [0.1, 0.15) is 5.82 Å². The van der Waals surface area contributed by atoms with Crippen LogP contribution >= 0.6 is 0 Å². The van der Waals surface area contributed by atoms with E-state index in [9.17, 15) is 22.4 Å². The molecule has 1 saturated carbocycles. The maximum absolute atomic E-state index is 13.7. The van der Waals surface area contributed by atoms with Gasteiger partial charge in [0.05, 0.1) is 11.6 Å². The molecule has 2 amide bonds. The molecule has 9 heteroatoms. The minimum Gasteiger partial charge on any atom is -0.320 e. The first-order valence-electron chi connectivity index (χ1n) is 13.9. The first-order chi connectivity index (χ1) is 18.9. The number of carbonyl (C=O) groups excluding carboxylic acids is 1. The van der Waals surface area contributed by atoms with Crippen molar-refractivity contribution in [1.29, 1.82) is 5.26 Å². The number of benzene rings is 2. The SMILES string of the molecule is CC#N.CC1CCC(N(CCN2CCCC2)C(=O)Nc2cc(F)cc(C(F)(F)F)c2)CC1.Cc1cccc(C)c1. The molecule has 2 aromatic carbocycles. The summed E-state index contributed by atoms with van der Waals surface area (Å²) in [4.78, 5) is 17.0. The molecule has 220 valence electrons. The number of hydrogen-bond donors (Lipinski definition) is 1. The highest BCUT2D eigenvalue weighted by Gasteiger charge is 2.32. The third-order valence-electron chi connectivity index (χ3n) is 7.19. The molecule has 0 spiro atoms. The fourth-order valence-corrected chi connectivity index (χ4v) is 5.09. The molecule has 2 aromatic rings. The third kappa shape index (κ3) is 11.5. The van der Waals surface area contributed by atoms with Crippen molar-refractivity contribution in [3.05, 3.63) is 65.0 Å². The summed E-state index contributed by atoms with van der Waals surface area (Å²) < 4.78 is 52.6. The van der Waals surface area contributed by atoms with Gasteiger partial charge in [0.25, 0.3) is 0 Å². The highest BCUT2D eigenvalue weighted by molar-refractivity contribution is 5.89. The standard InChI is InChI=1S/C21H29F4N3O.C8H10.C2H3N/c1-15-4-6-19(7-5-15)28(11-10-27-8-2-3-9-27)20(29)26-18-13-16(21(23,24)25)12-17(22)14-18;1-7-4-3-5-8(2)6-7;1-2-3/h12-15,19H,2-11H2,1H3,(H,26,29);3-6H,1-2H3;1H3. The molecule has 1 saturated heterocycles. The molecule has 1 heterocycles. The summed E-state index contributed by atoms with van der Waals surface area (Å²) in [6.45, 7) is 11.1. The molecule has 2 fully saturated rings. The van der Waals surface area contributed by atoms with Crippen LogP contribution in [0.4, 0.5) is 28.0 Å². The molecule has 1 aliphatic heterocycles. The first-order valence-corrected chi connectivity index (χ1v) is 13.9. The molecule has 0 unspecified atom stereocenters. The van der Waals surface area contributed by atoms with Crippen LogP contribution in [0.5, 0.6) is 0 Å². The van der Waals surface area contributed by atoms with Crippen LogP contribution in [-0.2, 0) is 6.18 Å². The number of rotatable bonds is 5. The number of urea groups is 1. The van der Waals surface area contributed by atoms with Gasteiger partial charge in [-0.3, -0.25) is 0 Å². The predicted molar refractivity (Wildman–Crippen MR) is 151 cm³/mol. The number of likely N-dealkylation sites (tertiary alicyclic amines) is 1. The summed E-state index contributed by atoms with van der Waals surface area (Å²) in [7, 11) is 0. The Kier molecular flexibility index (Phi) is 13.4. The highest BCUT2D eigenvalue weighted by atomic mass is 19.4. The van der Waals surface area contributed by atoms with E-state index in [1.807, 2.05) is 0 Å². The number of alkyl halides is 3. The number of anilines is 1. The van der Waals surface area contributed by atoms with Crippen molar-refractivity contribution in [3.63, 3.8) is 0 Å². The van der Waals surface area contributed by atoms with Gasteiger partial charge in [-0.25, -0.2) is 9.18 Å². The summed E-state index contributed by atoms with van der Waals surface area (Å²) in [5, 5.41) is 9.83. The van der Waals surface area contributed by atoms with E-state index in [4.69, 9.17) is 5.26 Å². The van der Waals surface area contributed by atoms with Gasteiger partial charge in [0.15, 0.2) is 0 Å². The second-order valence-electron chi connectivity index (χ2n) is 10.7. The molecule has 5 nitrogen and oxygen atoms in total. The van der Waals surface area contributed by atoms with Crippen LogP contribution in [-0.4, -0.2) is 48.1 Å². The summed E-state index contributed by atoms with van der Waals surface area (Å²) in [5.41, 5.74) is 1.40. The number of carbonyl (C=O) groups is 1. The van der Waals surface area contributed by atoms with Crippen LogP contribution in [0, 0.1) is 36.9 Å². The number of nitrogens with one attached hydrogen (secondary N) is 1. The van der Waals surface area contributed by atoms with E-state index in [2.05, 4.69) is 55.3 Å². The Hall–Kier alpha value is -3.12. The average molecular weight is 563 g/mol. The van der Waals surface area contributed by atoms with Crippen molar-refractivity contribution in [3.8, 4) is 6.07 Å². The minimum atomic E-state index is -4.67. The van der Waals surface area contributed by atoms with Crippen molar-refractivity contribution >= 4 is 11.7 Å². The number of hydrogen-bond acceptors (Lipinski definition) is 3.